The number of carbonyl (C=O) groups excluding carboxylic acids is 1. The number of aromatic nitrogens is 4. The van der Waals surface area contributed by atoms with Crippen LogP contribution in [0.3, 0.4) is 0 Å². The van der Waals surface area contributed by atoms with E-state index in [1.807, 2.05) is 30.3 Å². The molecule has 0 aliphatic heterocycles. The van der Waals surface area contributed by atoms with Gasteiger partial charge in [-0.25, -0.2) is 0 Å². The first-order valence-corrected chi connectivity index (χ1v) is 9.24. The van der Waals surface area contributed by atoms with Gasteiger partial charge in [-0.1, -0.05) is 30.3 Å². The molecule has 1 N–H and O–H groups in total. The summed E-state index contributed by atoms with van der Waals surface area (Å²) in [6, 6.07) is 11.7. The molecule has 0 saturated heterocycles. The van der Waals surface area contributed by atoms with Crippen LogP contribution in [0.2, 0.25) is 0 Å². The molecule has 0 radical (unpaired) electrons. The molecule has 3 aromatic rings. The number of hydrogen-bond donors (Lipinski definition) is 1. The van der Waals surface area contributed by atoms with Crippen LogP contribution in [0.25, 0.3) is 11.4 Å². The summed E-state index contributed by atoms with van der Waals surface area (Å²) in [7, 11) is 0. The average Bonchev–Trinajstić information content (AvgIpc) is 3.26. The molecule has 1 aliphatic rings. The Labute approximate surface area is 154 Å². The molecular weight excluding hydrogens is 348 g/mol. The van der Waals surface area contributed by atoms with Gasteiger partial charge in [0.05, 0.1) is 5.56 Å². The lowest BCUT2D eigenvalue weighted by Gasteiger charge is -2.09. The largest absolute Gasteiger partial charge is 0.315 e. The van der Waals surface area contributed by atoms with Crippen molar-refractivity contribution in [3.05, 3.63) is 46.3 Å². The number of nitriles is 1. The number of benzene rings is 1. The summed E-state index contributed by atoms with van der Waals surface area (Å²) in [6.45, 7) is -0.0483. The van der Waals surface area contributed by atoms with Crippen LogP contribution in [0, 0.1) is 11.3 Å². The SMILES string of the molecule is N#Cc1c(NC(=O)Cn2nnc(-c3ccccc3)n2)sc2c1CCCC2. The van der Waals surface area contributed by atoms with Gasteiger partial charge in [0.1, 0.15) is 17.6 Å². The zero-order valence-corrected chi connectivity index (χ0v) is 14.8. The molecule has 2 aromatic heterocycles. The van der Waals surface area contributed by atoms with Gasteiger partial charge in [-0.3, -0.25) is 4.79 Å². The summed E-state index contributed by atoms with van der Waals surface area (Å²) < 4.78 is 0. The van der Waals surface area contributed by atoms with Crippen LogP contribution in [0.1, 0.15) is 28.8 Å². The minimum Gasteiger partial charge on any atom is -0.315 e. The summed E-state index contributed by atoms with van der Waals surface area (Å²) in [5.41, 5.74) is 2.55. The van der Waals surface area contributed by atoms with Crippen molar-refractivity contribution in [1.82, 2.24) is 20.2 Å². The summed E-state index contributed by atoms with van der Waals surface area (Å²) in [5.74, 6) is 0.208. The molecule has 0 unspecified atom stereocenters. The normalized spacial score (nSPS) is 13.0. The molecule has 0 fully saturated rings. The van der Waals surface area contributed by atoms with Crippen LogP contribution in [-0.4, -0.2) is 26.1 Å². The van der Waals surface area contributed by atoms with Crippen LogP contribution in [-0.2, 0) is 24.2 Å². The molecule has 0 spiro atoms. The molecule has 2 heterocycles. The van der Waals surface area contributed by atoms with Crippen LogP contribution < -0.4 is 5.32 Å². The topological polar surface area (TPSA) is 96.5 Å². The number of nitrogens with zero attached hydrogens (tertiary/aromatic N) is 5. The summed E-state index contributed by atoms with van der Waals surface area (Å²) in [6.07, 6.45) is 4.12. The molecule has 1 aromatic carbocycles. The molecular formula is C18H16N6OS. The Bertz CT molecular complexity index is 985. The maximum Gasteiger partial charge on any atom is 0.248 e. The standard InChI is InChI=1S/C18H16N6OS/c19-10-14-13-8-4-5-9-15(13)26-18(14)20-16(25)11-24-22-17(21-23-24)12-6-2-1-3-7-12/h1-3,6-7H,4-5,8-9,11H2,(H,20,25). The Hall–Kier alpha value is -3.05. The molecule has 26 heavy (non-hydrogen) atoms. The Kier molecular flexibility index (Phi) is 4.46. The van der Waals surface area contributed by atoms with Gasteiger partial charge in [0.15, 0.2) is 0 Å². The van der Waals surface area contributed by atoms with Crippen molar-refractivity contribution in [2.45, 2.75) is 32.2 Å². The van der Waals surface area contributed by atoms with E-state index in [-0.39, 0.29) is 12.5 Å². The zero-order chi connectivity index (χ0) is 17.9. The van der Waals surface area contributed by atoms with Crippen molar-refractivity contribution in [3.63, 3.8) is 0 Å². The number of tetrazole rings is 1. The molecule has 7 nitrogen and oxygen atoms in total. The number of hydrogen-bond acceptors (Lipinski definition) is 6. The number of anilines is 1. The van der Waals surface area contributed by atoms with Crippen molar-refractivity contribution < 1.29 is 4.79 Å². The van der Waals surface area contributed by atoms with Crippen molar-refractivity contribution in [1.29, 1.82) is 5.26 Å². The van der Waals surface area contributed by atoms with Crippen molar-refractivity contribution in [3.8, 4) is 17.5 Å². The highest BCUT2D eigenvalue weighted by molar-refractivity contribution is 7.16. The van der Waals surface area contributed by atoms with Crippen LogP contribution >= 0.6 is 11.3 Å². The molecule has 0 bridgehead atoms. The molecule has 4 rings (SSSR count). The number of thiophene rings is 1. The van der Waals surface area contributed by atoms with Gasteiger partial charge in [-0.05, 0) is 36.5 Å². The maximum atomic E-state index is 12.4. The van der Waals surface area contributed by atoms with Gasteiger partial charge in [-0.2, -0.15) is 10.1 Å². The number of rotatable bonds is 4. The third-order valence-corrected chi connectivity index (χ3v) is 5.51. The highest BCUT2D eigenvalue weighted by Crippen LogP contribution is 2.37. The Morgan fingerprint density at radius 1 is 1.27 bits per heavy atom. The first-order valence-electron chi connectivity index (χ1n) is 8.42. The first-order chi connectivity index (χ1) is 12.7. The van der Waals surface area contributed by atoms with E-state index in [0.29, 0.717) is 16.4 Å². The average molecular weight is 364 g/mol. The minimum absolute atomic E-state index is 0.0483. The Balaban J connectivity index is 1.48. The summed E-state index contributed by atoms with van der Waals surface area (Å²) >= 11 is 1.51. The van der Waals surface area contributed by atoms with Gasteiger partial charge in [-0.15, -0.1) is 21.5 Å². The maximum absolute atomic E-state index is 12.4. The van der Waals surface area contributed by atoms with E-state index in [4.69, 9.17) is 0 Å². The lowest BCUT2D eigenvalue weighted by atomic mass is 9.96. The monoisotopic (exact) mass is 364 g/mol. The predicted octanol–water partition coefficient (Wildman–Crippen LogP) is 2.79. The molecule has 8 heteroatoms. The van der Waals surface area contributed by atoms with E-state index in [1.54, 1.807) is 0 Å². The van der Waals surface area contributed by atoms with Crippen LogP contribution in [0.5, 0.6) is 0 Å². The fraction of sp³-hybridized carbons (Fsp3) is 0.278. The van der Waals surface area contributed by atoms with Gasteiger partial charge in [0.2, 0.25) is 11.7 Å². The number of fused-ring (bicyclic) bond motifs is 1. The second kappa shape index (κ2) is 7.06. The third kappa shape index (κ3) is 3.21. The molecule has 1 aliphatic carbocycles. The number of amides is 1. The van der Waals surface area contributed by atoms with E-state index < -0.39 is 0 Å². The fourth-order valence-electron chi connectivity index (χ4n) is 3.08. The smallest absolute Gasteiger partial charge is 0.248 e. The molecule has 130 valence electrons. The van der Waals surface area contributed by atoms with Crippen LogP contribution in [0.4, 0.5) is 5.00 Å². The van der Waals surface area contributed by atoms with Crippen molar-refractivity contribution >= 4 is 22.2 Å². The quantitative estimate of drug-likeness (QED) is 0.768. The Morgan fingerprint density at radius 3 is 2.88 bits per heavy atom. The Morgan fingerprint density at radius 2 is 2.08 bits per heavy atom. The second-order valence-corrected chi connectivity index (χ2v) is 7.19. The van der Waals surface area contributed by atoms with E-state index in [1.165, 1.54) is 21.0 Å². The summed E-state index contributed by atoms with van der Waals surface area (Å²) in [5, 5.41) is 25.1. The highest BCUT2D eigenvalue weighted by atomic mass is 32.1. The zero-order valence-electron chi connectivity index (χ0n) is 14.0. The van der Waals surface area contributed by atoms with Gasteiger partial charge in [0.25, 0.3) is 0 Å². The first kappa shape index (κ1) is 16.4. The van der Waals surface area contributed by atoms with E-state index in [2.05, 4.69) is 26.8 Å². The third-order valence-electron chi connectivity index (χ3n) is 4.31. The van der Waals surface area contributed by atoms with Crippen LogP contribution in [0.15, 0.2) is 30.3 Å². The van der Waals surface area contributed by atoms with Gasteiger partial charge in [0, 0.05) is 10.4 Å². The second-order valence-electron chi connectivity index (χ2n) is 6.08. The van der Waals surface area contributed by atoms with Gasteiger partial charge < -0.3 is 5.32 Å². The van der Waals surface area contributed by atoms with Crippen molar-refractivity contribution in [2.75, 3.05) is 5.32 Å². The molecule has 1 amide bonds. The lowest BCUT2D eigenvalue weighted by Crippen LogP contribution is -2.20. The predicted molar refractivity (Wildman–Crippen MR) is 97.6 cm³/mol. The lowest BCUT2D eigenvalue weighted by molar-refractivity contribution is -0.117. The number of aryl methyl sites for hydroxylation is 1. The number of carbonyl (C=O) groups is 1. The summed E-state index contributed by atoms with van der Waals surface area (Å²) in [4.78, 5) is 14.8. The van der Waals surface area contributed by atoms with E-state index in [9.17, 15) is 10.1 Å². The molecule has 0 atom stereocenters. The van der Waals surface area contributed by atoms with Gasteiger partial charge >= 0.3 is 0 Å². The number of nitrogens with one attached hydrogen (secondary N) is 1. The highest BCUT2D eigenvalue weighted by Gasteiger charge is 2.22. The van der Waals surface area contributed by atoms with E-state index >= 15 is 0 Å². The fourth-order valence-corrected chi connectivity index (χ4v) is 4.34. The van der Waals surface area contributed by atoms with Crippen molar-refractivity contribution in [2.24, 2.45) is 0 Å². The van der Waals surface area contributed by atoms with E-state index in [0.717, 1.165) is 36.8 Å². The minimum atomic E-state index is -0.267. The molecule has 0 saturated carbocycles.